The minimum atomic E-state index is -0.608. The number of H-pyrrole nitrogens is 1. The predicted octanol–water partition coefficient (Wildman–Crippen LogP) is 1.33. The van der Waals surface area contributed by atoms with Gasteiger partial charge in [0, 0.05) is 37.6 Å². The molecule has 1 aromatic heterocycles. The molecule has 1 aliphatic carbocycles. The number of amides is 2. The van der Waals surface area contributed by atoms with Crippen molar-refractivity contribution in [1.82, 2.24) is 15.1 Å². The van der Waals surface area contributed by atoms with Gasteiger partial charge in [0.2, 0.25) is 0 Å². The fourth-order valence-electron chi connectivity index (χ4n) is 3.39. The monoisotopic (exact) mass is 299 g/mol. The maximum Gasteiger partial charge on any atom is 0.315 e. The van der Waals surface area contributed by atoms with Crippen molar-refractivity contribution < 1.29 is 9.53 Å². The number of hydrogen-bond donors (Lipinski definition) is 2. The summed E-state index contributed by atoms with van der Waals surface area (Å²) in [5, 5.41) is 7.62. The number of aromatic amines is 1. The smallest absolute Gasteiger partial charge is 0.315 e. The van der Waals surface area contributed by atoms with Crippen LogP contribution in [0.25, 0.3) is 0 Å². The molecular weight excluding hydrogens is 282 g/mol. The Morgan fingerprint density at radius 2 is 2.41 bits per heavy atom. The second-order valence-electron chi connectivity index (χ2n) is 5.80. The Bertz CT molecular complexity index is 745. The third-order valence-electron chi connectivity index (χ3n) is 4.45. The van der Waals surface area contributed by atoms with E-state index in [1.54, 1.807) is 4.90 Å². The van der Waals surface area contributed by atoms with Gasteiger partial charge >= 0.3 is 6.03 Å². The molecule has 1 atom stereocenters. The number of nitrogens with zero attached hydrogens (tertiary/aromatic N) is 3. The van der Waals surface area contributed by atoms with E-state index < -0.39 is 11.6 Å². The molecule has 0 spiro atoms. The summed E-state index contributed by atoms with van der Waals surface area (Å²) in [7, 11) is 0. The lowest BCUT2D eigenvalue weighted by atomic mass is 9.83. The fraction of sp³-hybridized carbons (Fsp3) is 0.400. The molecule has 1 unspecified atom stereocenters. The van der Waals surface area contributed by atoms with Crippen LogP contribution in [0.15, 0.2) is 29.0 Å². The van der Waals surface area contributed by atoms with Crippen molar-refractivity contribution >= 4 is 11.9 Å². The number of aromatic nitrogens is 2. The minimum Gasteiger partial charge on any atom is -0.445 e. The Kier molecular flexibility index (Phi) is 2.66. The van der Waals surface area contributed by atoms with Crippen molar-refractivity contribution in [1.29, 1.82) is 0 Å². The molecule has 3 N–H and O–H groups in total. The van der Waals surface area contributed by atoms with Gasteiger partial charge in [-0.15, -0.1) is 0 Å². The lowest BCUT2D eigenvalue weighted by Gasteiger charge is -2.29. The molecule has 22 heavy (non-hydrogen) atoms. The van der Waals surface area contributed by atoms with Gasteiger partial charge in [0.1, 0.15) is 11.5 Å². The van der Waals surface area contributed by atoms with Crippen LogP contribution in [-0.2, 0) is 23.2 Å². The first-order chi connectivity index (χ1) is 10.6. The number of ether oxygens (including phenoxy) is 1. The SMILES string of the molecule is CC1=NC2(c3n[nH]c4c3CN(C(N)=O)CC4)CC=CC=C2O1. The first-order valence-corrected chi connectivity index (χ1v) is 7.33. The molecule has 114 valence electrons. The van der Waals surface area contributed by atoms with Gasteiger partial charge in [-0.2, -0.15) is 5.10 Å². The number of urea groups is 1. The first-order valence-electron chi connectivity index (χ1n) is 7.33. The lowest BCUT2D eigenvalue weighted by molar-refractivity contribution is 0.201. The highest BCUT2D eigenvalue weighted by atomic mass is 16.5. The molecule has 0 aromatic carbocycles. The average molecular weight is 299 g/mol. The van der Waals surface area contributed by atoms with Crippen molar-refractivity contribution in [3.63, 3.8) is 0 Å². The van der Waals surface area contributed by atoms with Crippen molar-refractivity contribution in [2.75, 3.05) is 6.54 Å². The van der Waals surface area contributed by atoms with Crippen LogP contribution in [-0.4, -0.2) is 33.6 Å². The molecule has 7 nitrogen and oxygen atoms in total. The van der Waals surface area contributed by atoms with Gasteiger partial charge in [-0.25, -0.2) is 9.79 Å². The molecular formula is C15H17N5O2. The number of primary amides is 1. The van der Waals surface area contributed by atoms with Crippen LogP contribution in [0.1, 0.15) is 30.3 Å². The third-order valence-corrected chi connectivity index (χ3v) is 4.45. The number of hydrogen-bond acceptors (Lipinski definition) is 4. The largest absolute Gasteiger partial charge is 0.445 e. The second kappa shape index (κ2) is 4.46. The summed E-state index contributed by atoms with van der Waals surface area (Å²) in [5.74, 6) is 1.42. The van der Waals surface area contributed by atoms with Crippen LogP contribution in [0.2, 0.25) is 0 Å². The molecule has 0 bridgehead atoms. The van der Waals surface area contributed by atoms with Crippen LogP contribution in [0.4, 0.5) is 4.79 Å². The highest BCUT2D eigenvalue weighted by Crippen LogP contribution is 2.45. The van der Waals surface area contributed by atoms with Gasteiger partial charge in [-0.05, 0) is 6.08 Å². The van der Waals surface area contributed by atoms with E-state index in [-0.39, 0.29) is 0 Å². The number of carbonyl (C=O) groups excluding carboxylic acids is 1. The van der Waals surface area contributed by atoms with E-state index in [9.17, 15) is 4.79 Å². The maximum absolute atomic E-state index is 11.5. The fourth-order valence-corrected chi connectivity index (χ4v) is 3.39. The molecule has 3 aliphatic rings. The summed E-state index contributed by atoms with van der Waals surface area (Å²) in [4.78, 5) is 17.8. The average Bonchev–Trinajstić information content (AvgIpc) is 3.06. The van der Waals surface area contributed by atoms with Gasteiger partial charge in [0.15, 0.2) is 11.4 Å². The van der Waals surface area contributed by atoms with E-state index in [2.05, 4.69) is 16.3 Å². The van der Waals surface area contributed by atoms with E-state index in [0.717, 1.165) is 29.1 Å². The molecule has 2 amide bonds. The molecule has 3 heterocycles. The Balaban J connectivity index is 1.82. The number of rotatable bonds is 1. The second-order valence-corrected chi connectivity index (χ2v) is 5.80. The predicted molar refractivity (Wildman–Crippen MR) is 80.0 cm³/mol. The molecule has 0 fully saturated rings. The van der Waals surface area contributed by atoms with Gasteiger partial charge < -0.3 is 15.4 Å². The zero-order valence-electron chi connectivity index (χ0n) is 12.3. The van der Waals surface area contributed by atoms with Gasteiger partial charge in [-0.1, -0.05) is 12.2 Å². The van der Waals surface area contributed by atoms with Crippen LogP contribution >= 0.6 is 0 Å². The molecule has 4 rings (SSSR count). The first kappa shape index (κ1) is 13.1. The number of nitrogens with two attached hydrogens (primary N) is 1. The van der Waals surface area contributed by atoms with Gasteiger partial charge in [0.05, 0.1) is 6.54 Å². The molecule has 7 heteroatoms. The van der Waals surface area contributed by atoms with E-state index in [1.165, 1.54) is 0 Å². The van der Waals surface area contributed by atoms with Crippen molar-refractivity contribution in [2.24, 2.45) is 10.7 Å². The quantitative estimate of drug-likeness (QED) is 0.818. The summed E-state index contributed by atoms with van der Waals surface area (Å²) in [6.45, 7) is 2.91. The molecule has 0 saturated carbocycles. The molecule has 2 aliphatic heterocycles. The van der Waals surface area contributed by atoms with E-state index in [4.69, 9.17) is 15.5 Å². The van der Waals surface area contributed by atoms with Crippen molar-refractivity contribution in [2.45, 2.75) is 31.8 Å². The number of fused-ring (bicyclic) bond motifs is 2. The van der Waals surface area contributed by atoms with Gasteiger partial charge in [-0.3, -0.25) is 5.10 Å². The van der Waals surface area contributed by atoms with E-state index in [1.807, 2.05) is 19.1 Å². The van der Waals surface area contributed by atoms with E-state index in [0.29, 0.717) is 25.4 Å². The van der Waals surface area contributed by atoms with Crippen LogP contribution < -0.4 is 5.73 Å². The van der Waals surface area contributed by atoms with Crippen LogP contribution in [0, 0.1) is 0 Å². The highest BCUT2D eigenvalue weighted by Gasteiger charge is 2.47. The normalized spacial score (nSPS) is 26.0. The zero-order chi connectivity index (χ0) is 15.3. The minimum absolute atomic E-state index is 0.406. The highest BCUT2D eigenvalue weighted by molar-refractivity contribution is 5.79. The van der Waals surface area contributed by atoms with E-state index >= 15 is 0 Å². The summed E-state index contributed by atoms with van der Waals surface area (Å²) in [6.07, 6.45) is 7.38. The Hall–Kier alpha value is -2.57. The zero-order valence-corrected chi connectivity index (χ0v) is 12.3. The van der Waals surface area contributed by atoms with Crippen molar-refractivity contribution in [3.8, 4) is 0 Å². The topological polar surface area (TPSA) is 96.6 Å². The van der Waals surface area contributed by atoms with Gasteiger partial charge in [0.25, 0.3) is 0 Å². The Morgan fingerprint density at radius 1 is 1.55 bits per heavy atom. The lowest BCUT2D eigenvalue weighted by Crippen LogP contribution is -2.40. The standard InChI is InChI=1S/C15H17N5O2/c1-9-17-15(6-3-2-4-12(15)22-9)13-10-8-20(14(16)21)7-5-11(10)18-19-13/h2-4H,5-8H2,1H3,(H2,16,21)(H,18,19). The van der Waals surface area contributed by atoms with Crippen molar-refractivity contribution in [3.05, 3.63) is 40.9 Å². The summed E-state index contributed by atoms with van der Waals surface area (Å²) in [6, 6.07) is -0.406. The summed E-state index contributed by atoms with van der Waals surface area (Å²) in [5.41, 5.74) is 7.72. The number of nitrogens with one attached hydrogen (secondary N) is 1. The van der Waals surface area contributed by atoms with Crippen LogP contribution in [0.3, 0.4) is 0 Å². The summed E-state index contributed by atoms with van der Waals surface area (Å²) >= 11 is 0. The molecule has 0 saturated heterocycles. The Labute approximate surface area is 127 Å². The van der Waals surface area contributed by atoms with Crippen LogP contribution in [0.5, 0.6) is 0 Å². The third kappa shape index (κ3) is 1.71. The Morgan fingerprint density at radius 3 is 3.23 bits per heavy atom. The molecule has 0 radical (unpaired) electrons. The number of carbonyl (C=O) groups is 1. The summed E-state index contributed by atoms with van der Waals surface area (Å²) < 4.78 is 5.76. The number of allylic oxidation sites excluding steroid dienone is 2. The maximum atomic E-state index is 11.5. The number of aliphatic imine (C=N–C) groups is 1. The molecule has 1 aromatic rings.